The van der Waals surface area contributed by atoms with E-state index in [0.717, 1.165) is 19.6 Å². The molecule has 1 aliphatic carbocycles. The van der Waals surface area contributed by atoms with Gasteiger partial charge in [0.2, 0.25) is 0 Å². The van der Waals surface area contributed by atoms with Gasteiger partial charge in [0.1, 0.15) is 0 Å². The Labute approximate surface area is 112 Å². The normalized spacial score (nSPS) is 26.5. The number of aliphatic carboxylic acids is 1. The Morgan fingerprint density at radius 2 is 2.00 bits per heavy atom. The maximum absolute atomic E-state index is 11.6. The van der Waals surface area contributed by atoms with Gasteiger partial charge in [0, 0.05) is 13.1 Å². The molecule has 0 aromatic rings. The zero-order chi connectivity index (χ0) is 13.7. The van der Waals surface area contributed by atoms with Crippen molar-refractivity contribution >= 4 is 12.0 Å². The van der Waals surface area contributed by atoms with Crippen LogP contribution in [0.15, 0.2) is 12.2 Å². The van der Waals surface area contributed by atoms with Crippen LogP contribution in [0.4, 0.5) is 4.79 Å². The van der Waals surface area contributed by atoms with E-state index in [-0.39, 0.29) is 12.1 Å². The molecular weight excluding hydrogens is 246 g/mol. The van der Waals surface area contributed by atoms with E-state index in [0.29, 0.717) is 13.0 Å². The molecule has 1 fully saturated rings. The third-order valence-electron chi connectivity index (χ3n) is 3.63. The molecule has 2 aliphatic rings. The molecule has 1 heterocycles. The number of carboxylic acid groups (broad SMARTS) is 1. The first-order chi connectivity index (χ1) is 9.15. The number of carbonyl (C=O) groups is 2. The minimum Gasteiger partial charge on any atom is -0.481 e. The van der Waals surface area contributed by atoms with Crippen molar-refractivity contribution in [2.24, 2.45) is 5.92 Å². The highest BCUT2D eigenvalue weighted by atomic mass is 16.4. The molecule has 1 aliphatic heterocycles. The number of rotatable bonds is 5. The summed E-state index contributed by atoms with van der Waals surface area (Å²) in [5, 5.41) is 14.4. The standard InChI is InChI=1S/C13H21N3O3/c17-12(18)10-3-4-11(9-10)15-13(19)14-5-8-16-6-1-2-7-16/h3-4,10-11H,1-2,5-9H2,(H,17,18)(H2,14,15,19). The van der Waals surface area contributed by atoms with E-state index in [1.807, 2.05) is 0 Å². The molecular formula is C13H21N3O3. The Bertz CT molecular complexity index is 364. The minimum atomic E-state index is -0.838. The van der Waals surface area contributed by atoms with E-state index in [2.05, 4.69) is 15.5 Å². The van der Waals surface area contributed by atoms with Crippen molar-refractivity contribution in [2.75, 3.05) is 26.2 Å². The van der Waals surface area contributed by atoms with Crippen LogP contribution in [0.3, 0.4) is 0 Å². The quantitative estimate of drug-likeness (QED) is 0.630. The second-order valence-electron chi connectivity index (χ2n) is 5.12. The van der Waals surface area contributed by atoms with Gasteiger partial charge in [0.15, 0.2) is 0 Å². The fourth-order valence-electron chi connectivity index (χ4n) is 2.54. The highest BCUT2D eigenvalue weighted by molar-refractivity contribution is 5.76. The SMILES string of the molecule is O=C(NCCN1CCCC1)NC1C=CC(C(=O)O)C1. The number of amides is 2. The third-order valence-corrected chi connectivity index (χ3v) is 3.63. The highest BCUT2D eigenvalue weighted by Gasteiger charge is 2.25. The number of hydrogen-bond donors (Lipinski definition) is 3. The second kappa shape index (κ2) is 6.56. The summed E-state index contributed by atoms with van der Waals surface area (Å²) in [6, 6.07) is -0.396. The molecule has 2 amide bonds. The topological polar surface area (TPSA) is 81.7 Å². The van der Waals surface area contributed by atoms with Gasteiger partial charge in [-0.05, 0) is 32.4 Å². The van der Waals surface area contributed by atoms with Gasteiger partial charge in [-0.25, -0.2) is 4.79 Å². The lowest BCUT2D eigenvalue weighted by Gasteiger charge is -2.16. The van der Waals surface area contributed by atoms with Crippen LogP contribution in [0.5, 0.6) is 0 Å². The second-order valence-corrected chi connectivity index (χ2v) is 5.12. The van der Waals surface area contributed by atoms with E-state index in [4.69, 9.17) is 5.11 Å². The van der Waals surface area contributed by atoms with Crippen molar-refractivity contribution in [1.29, 1.82) is 0 Å². The average molecular weight is 267 g/mol. The van der Waals surface area contributed by atoms with Gasteiger partial charge in [-0.15, -0.1) is 0 Å². The molecule has 0 aromatic heterocycles. The van der Waals surface area contributed by atoms with Gasteiger partial charge < -0.3 is 20.6 Å². The van der Waals surface area contributed by atoms with Gasteiger partial charge >= 0.3 is 12.0 Å². The van der Waals surface area contributed by atoms with Gasteiger partial charge in [-0.2, -0.15) is 0 Å². The van der Waals surface area contributed by atoms with Crippen LogP contribution in [0.25, 0.3) is 0 Å². The van der Waals surface area contributed by atoms with Crippen molar-refractivity contribution < 1.29 is 14.7 Å². The fraction of sp³-hybridized carbons (Fsp3) is 0.692. The van der Waals surface area contributed by atoms with Gasteiger partial charge in [0.05, 0.1) is 12.0 Å². The number of carboxylic acids is 1. The van der Waals surface area contributed by atoms with Crippen molar-refractivity contribution in [2.45, 2.75) is 25.3 Å². The molecule has 2 rings (SSSR count). The summed E-state index contributed by atoms with van der Waals surface area (Å²) in [6.07, 6.45) is 6.32. The van der Waals surface area contributed by atoms with Crippen molar-refractivity contribution in [1.82, 2.24) is 15.5 Å². The Kier molecular flexibility index (Phi) is 4.79. The first kappa shape index (κ1) is 13.9. The summed E-state index contributed by atoms with van der Waals surface area (Å²) < 4.78 is 0. The van der Waals surface area contributed by atoms with Crippen LogP contribution < -0.4 is 10.6 Å². The van der Waals surface area contributed by atoms with E-state index < -0.39 is 11.9 Å². The minimum absolute atomic E-state index is 0.173. The number of likely N-dealkylation sites (tertiary alicyclic amines) is 1. The molecule has 19 heavy (non-hydrogen) atoms. The van der Waals surface area contributed by atoms with Crippen LogP contribution in [-0.2, 0) is 4.79 Å². The molecule has 0 saturated carbocycles. The molecule has 2 atom stereocenters. The van der Waals surface area contributed by atoms with Crippen LogP contribution in [-0.4, -0.2) is 54.2 Å². The number of hydrogen-bond acceptors (Lipinski definition) is 3. The average Bonchev–Trinajstić information content (AvgIpc) is 3.00. The van der Waals surface area contributed by atoms with E-state index in [1.54, 1.807) is 12.2 Å². The summed E-state index contributed by atoms with van der Waals surface area (Å²) in [7, 11) is 0. The molecule has 6 heteroatoms. The highest BCUT2D eigenvalue weighted by Crippen LogP contribution is 2.17. The Balaban J connectivity index is 1.59. The van der Waals surface area contributed by atoms with Crippen LogP contribution in [0.2, 0.25) is 0 Å². The van der Waals surface area contributed by atoms with E-state index in [9.17, 15) is 9.59 Å². The summed E-state index contributed by atoms with van der Waals surface area (Å²) >= 11 is 0. The molecule has 0 radical (unpaired) electrons. The summed E-state index contributed by atoms with van der Waals surface area (Å²) in [6.45, 7) is 3.75. The number of carbonyl (C=O) groups excluding carboxylic acids is 1. The lowest BCUT2D eigenvalue weighted by atomic mass is 10.1. The predicted octanol–water partition coefficient (Wildman–Crippen LogP) is 0.411. The fourth-order valence-corrected chi connectivity index (χ4v) is 2.54. The lowest BCUT2D eigenvalue weighted by molar-refractivity contribution is -0.140. The van der Waals surface area contributed by atoms with Gasteiger partial charge in [0.25, 0.3) is 0 Å². The molecule has 3 N–H and O–H groups in total. The Hall–Kier alpha value is -1.56. The smallest absolute Gasteiger partial charge is 0.315 e. The maximum Gasteiger partial charge on any atom is 0.315 e. The molecule has 6 nitrogen and oxygen atoms in total. The molecule has 2 unspecified atom stereocenters. The van der Waals surface area contributed by atoms with Crippen molar-refractivity contribution in [3.63, 3.8) is 0 Å². The van der Waals surface area contributed by atoms with Crippen LogP contribution in [0.1, 0.15) is 19.3 Å². The molecule has 0 bridgehead atoms. The van der Waals surface area contributed by atoms with Crippen LogP contribution in [0, 0.1) is 5.92 Å². The molecule has 0 aromatic carbocycles. The van der Waals surface area contributed by atoms with Crippen molar-refractivity contribution in [3.05, 3.63) is 12.2 Å². The number of urea groups is 1. The Morgan fingerprint density at radius 1 is 1.26 bits per heavy atom. The van der Waals surface area contributed by atoms with Crippen LogP contribution >= 0.6 is 0 Å². The van der Waals surface area contributed by atoms with Crippen molar-refractivity contribution in [3.8, 4) is 0 Å². The molecule has 106 valence electrons. The van der Waals surface area contributed by atoms with Gasteiger partial charge in [-0.3, -0.25) is 4.79 Å². The van der Waals surface area contributed by atoms with Gasteiger partial charge in [-0.1, -0.05) is 12.2 Å². The monoisotopic (exact) mass is 267 g/mol. The third kappa shape index (κ3) is 4.24. The lowest BCUT2D eigenvalue weighted by Crippen LogP contribution is -2.43. The zero-order valence-corrected chi connectivity index (χ0v) is 11.0. The summed E-state index contributed by atoms with van der Waals surface area (Å²) in [4.78, 5) is 24.7. The summed E-state index contributed by atoms with van der Waals surface area (Å²) in [5.74, 6) is -1.31. The number of nitrogens with zero attached hydrogens (tertiary/aromatic N) is 1. The predicted molar refractivity (Wildman–Crippen MR) is 70.9 cm³/mol. The largest absolute Gasteiger partial charge is 0.481 e. The zero-order valence-electron chi connectivity index (χ0n) is 11.0. The van der Waals surface area contributed by atoms with E-state index >= 15 is 0 Å². The Morgan fingerprint density at radius 3 is 2.63 bits per heavy atom. The summed E-state index contributed by atoms with van der Waals surface area (Å²) in [5.41, 5.74) is 0. The number of nitrogens with one attached hydrogen (secondary N) is 2. The first-order valence-electron chi connectivity index (χ1n) is 6.83. The maximum atomic E-state index is 11.6. The molecule has 0 spiro atoms. The first-order valence-corrected chi connectivity index (χ1v) is 6.83. The molecule has 1 saturated heterocycles. The van der Waals surface area contributed by atoms with E-state index in [1.165, 1.54) is 12.8 Å².